The maximum absolute atomic E-state index is 12.6. The normalized spacial score (nSPS) is 13.6. The van der Waals surface area contributed by atoms with E-state index in [0.29, 0.717) is 35.6 Å². The Balaban J connectivity index is 0.000000701. The first-order chi connectivity index (χ1) is 11.9. The van der Waals surface area contributed by atoms with Gasteiger partial charge in [0.15, 0.2) is 0 Å². The van der Waals surface area contributed by atoms with E-state index in [2.05, 4.69) is 19.2 Å². The Kier molecular flexibility index (Phi) is 6.07. The summed E-state index contributed by atoms with van der Waals surface area (Å²) in [4.78, 5) is 11.9. The zero-order chi connectivity index (χ0) is 18.4. The lowest BCUT2D eigenvalue weighted by atomic mass is 10.0. The molecule has 134 valence electrons. The molecule has 1 aliphatic heterocycles. The van der Waals surface area contributed by atoms with Crippen molar-refractivity contribution in [2.75, 3.05) is 13.2 Å². The van der Waals surface area contributed by atoms with E-state index in [-0.39, 0.29) is 5.91 Å². The molecule has 1 aliphatic rings. The molecule has 0 atom stereocenters. The van der Waals surface area contributed by atoms with Crippen LogP contribution < -0.4 is 10.1 Å². The lowest BCUT2D eigenvalue weighted by Crippen LogP contribution is -2.24. The second-order valence-electron chi connectivity index (χ2n) is 5.60. The van der Waals surface area contributed by atoms with Crippen molar-refractivity contribution < 1.29 is 22.7 Å². The molecule has 0 aliphatic carbocycles. The van der Waals surface area contributed by atoms with Crippen LogP contribution in [0.4, 0.5) is 13.2 Å². The molecule has 2 aromatic rings. The topological polar surface area (TPSA) is 38.3 Å². The number of hydrogen-bond donors (Lipinski definition) is 1. The van der Waals surface area contributed by atoms with Gasteiger partial charge >= 0.3 is 6.18 Å². The molecule has 0 radical (unpaired) electrons. The predicted molar refractivity (Wildman–Crippen MR) is 90.7 cm³/mol. The number of fused-ring (bicyclic) bond motifs is 1. The van der Waals surface area contributed by atoms with Gasteiger partial charge in [-0.15, -0.1) is 0 Å². The molecule has 0 unspecified atom stereocenters. The second kappa shape index (κ2) is 8.05. The molecule has 0 aromatic heterocycles. The van der Waals surface area contributed by atoms with Gasteiger partial charge in [0.2, 0.25) is 0 Å². The Hall–Kier alpha value is -2.50. The van der Waals surface area contributed by atoms with Crippen molar-refractivity contribution in [3.8, 4) is 16.9 Å². The summed E-state index contributed by atoms with van der Waals surface area (Å²) >= 11 is 0. The Morgan fingerprint density at radius 2 is 1.64 bits per heavy atom. The third-order valence-electron chi connectivity index (χ3n) is 3.41. The highest BCUT2D eigenvalue weighted by molar-refractivity contribution is 5.98. The average Bonchev–Trinajstić information content (AvgIpc) is 2.76. The van der Waals surface area contributed by atoms with Gasteiger partial charge in [-0.25, -0.2) is 0 Å². The first-order valence-electron chi connectivity index (χ1n) is 8.09. The van der Waals surface area contributed by atoms with Gasteiger partial charge in [-0.3, -0.25) is 4.79 Å². The molecule has 6 heteroatoms. The van der Waals surface area contributed by atoms with Crippen LogP contribution in [-0.4, -0.2) is 19.1 Å². The van der Waals surface area contributed by atoms with Crippen molar-refractivity contribution in [1.82, 2.24) is 5.32 Å². The number of hydrogen-bond acceptors (Lipinski definition) is 2. The van der Waals surface area contributed by atoms with Crippen LogP contribution in [0.1, 0.15) is 36.2 Å². The smallest absolute Gasteiger partial charge is 0.416 e. The molecule has 2 aromatic carbocycles. The average molecular weight is 351 g/mol. The second-order valence-corrected chi connectivity index (χ2v) is 5.60. The van der Waals surface area contributed by atoms with Crippen molar-refractivity contribution in [2.24, 2.45) is 0 Å². The highest BCUT2D eigenvalue weighted by atomic mass is 19.4. The summed E-state index contributed by atoms with van der Waals surface area (Å²) in [5.74, 6) is 0.229. The number of nitrogens with one attached hydrogen (secondary N) is 1. The van der Waals surface area contributed by atoms with E-state index in [1.54, 1.807) is 18.2 Å². The molecular formula is C19H20F3NO2. The molecule has 0 spiro atoms. The van der Waals surface area contributed by atoms with Crippen LogP contribution in [0.2, 0.25) is 0 Å². The highest BCUT2D eigenvalue weighted by Gasteiger charge is 2.30. The summed E-state index contributed by atoms with van der Waals surface area (Å²) in [6.07, 6.45) is -3.11. The Morgan fingerprint density at radius 1 is 1.04 bits per heavy atom. The Morgan fingerprint density at radius 3 is 2.24 bits per heavy atom. The molecule has 3 rings (SSSR count). The van der Waals surface area contributed by atoms with Gasteiger partial charge in [0.05, 0.1) is 17.7 Å². The number of carbonyl (C=O) groups excluding carboxylic acids is 1. The van der Waals surface area contributed by atoms with Crippen molar-refractivity contribution in [2.45, 2.75) is 26.4 Å². The van der Waals surface area contributed by atoms with Crippen LogP contribution >= 0.6 is 0 Å². The monoisotopic (exact) mass is 351 g/mol. The molecule has 0 saturated heterocycles. The summed E-state index contributed by atoms with van der Waals surface area (Å²) in [6.45, 7) is 5.06. The van der Waals surface area contributed by atoms with Crippen LogP contribution in [0.5, 0.6) is 5.75 Å². The Labute approximate surface area is 144 Å². The standard InChI is InChI=1S/C16H12F3NO2.C3H8/c17-16(18,19)12-4-1-10(2-5-12)11-3-6-14-13(9-11)15(21)20-7-8-22-14;1-3-2/h1-6,9H,7-8H2,(H,20,21);3H2,1-2H3. The summed E-state index contributed by atoms with van der Waals surface area (Å²) in [5.41, 5.74) is 0.947. The van der Waals surface area contributed by atoms with Crippen LogP contribution in [0, 0.1) is 0 Å². The van der Waals surface area contributed by atoms with Gasteiger partial charge in [0, 0.05) is 0 Å². The number of carbonyl (C=O) groups is 1. The van der Waals surface area contributed by atoms with Gasteiger partial charge in [-0.2, -0.15) is 13.2 Å². The minimum absolute atomic E-state index is 0.249. The number of benzene rings is 2. The van der Waals surface area contributed by atoms with E-state index in [1.165, 1.54) is 18.6 Å². The molecule has 25 heavy (non-hydrogen) atoms. The number of rotatable bonds is 1. The minimum atomic E-state index is -4.36. The van der Waals surface area contributed by atoms with E-state index >= 15 is 0 Å². The summed E-state index contributed by atoms with van der Waals surface area (Å²) in [7, 11) is 0. The number of halogens is 3. The summed E-state index contributed by atoms with van der Waals surface area (Å²) in [5, 5.41) is 2.70. The number of ether oxygens (including phenoxy) is 1. The zero-order valence-corrected chi connectivity index (χ0v) is 14.1. The third-order valence-corrected chi connectivity index (χ3v) is 3.41. The van der Waals surface area contributed by atoms with Crippen LogP contribution in [-0.2, 0) is 6.18 Å². The maximum Gasteiger partial charge on any atom is 0.416 e. The molecule has 1 N–H and O–H groups in total. The fraction of sp³-hybridized carbons (Fsp3) is 0.316. The largest absolute Gasteiger partial charge is 0.491 e. The molecule has 0 bridgehead atoms. The SMILES string of the molecule is CCC.O=C1NCCOc2ccc(-c3ccc(C(F)(F)F)cc3)cc21. The highest BCUT2D eigenvalue weighted by Crippen LogP contribution is 2.32. The number of alkyl halides is 3. The predicted octanol–water partition coefficient (Wildman–Crippen LogP) is 4.91. The van der Waals surface area contributed by atoms with E-state index in [0.717, 1.165) is 12.1 Å². The minimum Gasteiger partial charge on any atom is -0.491 e. The van der Waals surface area contributed by atoms with Gasteiger partial charge in [-0.1, -0.05) is 38.5 Å². The van der Waals surface area contributed by atoms with Crippen molar-refractivity contribution >= 4 is 5.91 Å². The quantitative estimate of drug-likeness (QED) is 0.793. The fourth-order valence-corrected chi connectivity index (χ4v) is 2.29. The fourth-order valence-electron chi connectivity index (χ4n) is 2.29. The maximum atomic E-state index is 12.6. The summed E-state index contributed by atoms with van der Waals surface area (Å²) in [6, 6.07) is 9.83. The van der Waals surface area contributed by atoms with Crippen LogP contribution in [0.3, 0.4) is 0 Å². The van der Waals surface area contributed by atoms with Crippen LogP contribution in [0.15, 0.2) is 42.5 Å². The molecule has 0 saturated carbocycles. The molecule has 0 fully saturated rings. The van der Waals surface area contributed by atoms with E-state index < -0.39 is 11.7 Å². The van der Waals surface area contributed by atoms with Crippen molar-refractivity contribution in [3.63, 3.8) is 0 Å². The van der Waals surface area contributed by atoms with Crippen molar-refractivity contribution in [1.29, 1.82) is 0 Å². The third kappa shape index (κ3) is 4.75. The first-order valence-corrected chi connectivity index (χ1v) is 8.09. The summed E-state index contributed by atoms with van der Waals surface area (Å²) < 4.78 is 43.2. The van der Waals surface area contributed by atoms with Gasteiger partial charge in [0.25, 0.3) is 5.91 Å². The lowest BCUT2D eigenvalue weighted by Gasteiger charge is -2.10. The zero-order valence-electron chi connectivity index (χ0n) is 14.1. The van der Waals surface area contributed by atoms with E-state index in [4.69, 9.17) is 4.74 Å². The van der Waals surface area contributed by atoms with E-state index in [1.807, 2.05) is 0 Å². The van der Waals surface area contributed by atoms with Gasteiger partial charge in [0.1, 0.15) is 12.4 Å². The van der Waals surface area contributed by atoms with Crippen molar-refractivity contribution in [3.05, 3.63) is 53.6 Å². The van der Waals surface area contributed by atoms with Crippen LogP contribution in [0.25, 0.3) is 11.1 Å². The van der Waals surface area contributed by atoms with Gasteiger partial charge < -0.3 is 10.1 Å². The lowest BCUT2D eigenvalue weighted by molar-refractivity contribution is -0.137. The molecular weight excluding hydrogens is 331 g/mol. The molecule has 1 amide bonds. The molecule has 3 nitrogen and oxygen atoms in total. The molecule has 1 heterocycles. The van der Waals surface area contributed by atoms with Gasteiger partial charge in [-0.05, 0) is 35.4 Å². The first kappa shape index (κ1) is 18.8. The Bertz CT molecular complexity index is 724. The van der Waals surface area contributed by atoms with E-state index in [9.17, 15) is 18.0 Å². The number of amides is 1.